The molecule has 2 fully saturated rings. The lowest BCUT2D eigenvalue weighted by atomic mass is 10.0. The Morgan fingerprint density at radius 3 is 2.72 bits per heavy atom. The number of aromatic nitrogens is 1. The van der Waals surface area contributed by atoms with Crippen molar-refractivity contribution < 1.29 is 17.9 Å². The Hall–Kier alpha value is -2.02. The van der Waals surface area contributed by atoms with E-state index in [0.717, 1.165) is 6.42 Å². The van der Waals surface area contributed by atoms with Crippen molar-refractivity contribution in [1.82, 2.24) is 14.2 Å². The van der Waals surface area contributed by atoms with Gasteiger partial charge in [0.1, 0.15) is 17.0 Å². The van der Waals surface area contributed by atoms with Gasteiger partial charge in [0.15, 0.2) is 0 Å². The number of pyridine rings is 1. The molecule has 9 heteroatoms. The summed E-state index contributed by atoms with van der Waals surface area (Å²) < 4.78 is 32.6. The molecule has 2 aliphatic heterocycles. The summed E-state index contributed by atoms with van der Waals surface area (Å²) in [4.78, 5) is 18.3. The number of rotatable bonds is 3. The molecular formula is C16H20N4O4S. The van der Waals surface area contributed by atoms with Crippen LogP contribution in [-0.4, -0.2) is 67.4 Å². The third kappa shape index (κ3) is 3.66. The van der Waals surface area contributed by atoms with E-state index in [1.807, 2.05) is 6.07 Å². The Balaban J connectivity index is 1.89. The maximum Gasteiger partial charge on any atom is 0.245 e. The van der Waals surface area contributed by atoms with E-state index in [2.05, 4.69) is 4.98 Å². The summed E-state index contributed by atoms with van der Waals surface area (Å²) in [6.07, 6.45) is 4.55. The summed E-state index contributed by atoms with van der Waals surface area (Å²) >= 11 is 0. The Kier molecular flexibility index (Phi) is 5.32. The highest BCUT2D eigenvalue weighted by Crippen LogP contribution is 2.27. The molecule has 25 heavy (non-hydrogen) atoms. The van der Waals surface area contributed by atoms with Crippen LogP contribution >= 0.6 is 0 Å². The number of nitrogens with zero attached hydrogens (tertiary/aromatic N) is 4. The van der Waals surface area contributed by atoms with Gasteiger partial charge in [-0.05, 0) is 18.9 Å². The van der Waals surface area contributed by atoms with Gasteiger partial charge in [-0.25, -0.2) is 8.42 Å². The van der Waals surface area contributed by atoms with Gasteiger partial charge in [0.2, 0.25) is 15.9 Å². The second-order valence-corrected chi connectivity index (χ2v) is 7.98. The van der Waals surface area contributed by atoms with Crippen LogP contribution in [0.2, 0.25) is 0 Å². The SMILES string of the molecule is N#Cc1cncc(S(=O)(=O)N2CCCCC2C(=O)N2CCOCC2)c1. The molecule has 0 radical (unpaired) electrons. The van der Waals surface area contributed by atoms with Crippen molar-refractivity contribution >= 4 is 15.9 Å². The van der Waals surface area contributed by atoms with Crippen molar-refractivity contribution in [2.45, 2.75) is 30.2 Å². The molecule has 134 valence electrons. The van der Waals surface area contributed by atoms with Gasteiger partial charge >= 0.3 is 0 Å². The lowest BCUT2D eigenvalue weighted by molar-refractivity contribution is -0.140. The van der Waals surface area contributed by atoms with E-state index < -0.39 is 16.1 Å². The molecule has 1 aromatic heterocycles. The van der Waals surface area contributed by atoms with Gasteiger partial charge in [-0.1, -0.05) is 6.42 Å². The third-order valence-electron chi connectivity index (χ3n) is 4.51. The zero-order valence-corrected chi connectivity index (χ0v) is 14.6. The first-order valence-corrected chi connectivity index (χ1v) is 9.71. The van der Waals surface area contributed by atoms with E-state index in [-0.39, 0.29) is 16.4 Å². The minimum Gasteiger partial charge on any atom is -0.378 e. The number of ether oxygens (including phenoxy) is 1. The van der Waals surface area contributed by atoms with Gasteiger partial charge in [0, 0.05) is 32.0 Å². The number of sulfonamides is 1. The lowest BCUT2D eigenvalue weighted by Gasteiger charge is -2.37. The molecule has 1 aromatic rings. The number of carbonyl (C=O) groups excluding carboxylic acids is 1. The molecule has 1 amide bonds. The number of hydrogen-bond acceptors (Lipinski definition) is 6. The number of nitriles is 1. The van der Waals surface area contributed by atoms with E-state index in [0.29, 0.717) is 45.7 Å². The highest BCUT2D eigenvalue weighted by atomic mass is 32.2. The van der Waals surface area contributed by atoms with Gasteiger partial charge < -0.3 is 9.64 Å². The van der Waals surface area contributed by atoms with Gasteiger partial charge in [-0.15, -0.1) is 0 Å². The van der Waals surface area contributed by atoms with E-state index in [9.17, 15) is 13.2 Å². The molecule has 1 atom stereocenters. The summed E-state index contributed by atoms with van der Waals surface area (Å²) in [7, 11) is -3.89. The van der Waals surface area contributed by atoms with E-state index >= 15 is 0 Å². The minimum atomic E-state index is -3.89. The second-order valence-electron chi connectivity index (χ2n) is 6.09. The number of hydrogen-bond donors (Lipinski definition) is 0. The fourth-order valence-electron chi connectivity index (χ4n) is 3.19. The molecule has 8 nitrogen and oxygen atoms in total. The van der Waals surface area contributed by atoms with Crippen LogP contribution in [0.3, 0.4) is 0 Å². The zero-order chi connectivity index (χ0) is 17.9. The van der Waals surface area contributed by atoms with E-state index in [1.165, 1.54) is 22.8 Å². The Morgan fingerprint density at radius 2 is 2.00 bits per heavy atom. The molecule has 0 saturated carbocycles. The first kappa shape index (κ1) is 17.8. The summed E-state index contributed by atoms with van der Waals surface area (Å²) in [6.45, 7) is 2.20. The molecule has 2 saturated heterocycles. The van der Waals surface area contributed by atoms with Crippen LogP contribution in [0.15, 0.2) is 23.4 Å². The van der Waals surface area contributed by atoms with Crippen molar-refractivity contribution in [3.63, 3.8) is 0 Å². The maximum absolute atomic E-state index is 13.0. The van der Waals surface area contributed by atoms with Gasteiger partial charge in [-0.2, -0.15) is 9.57 Å². The summed E-state index contributed by atoms with van der Waals surface area (Å²) in [5, 5.41) is 8.98. The largest absolute Gasteiger partial charge is 0.378 e. The fourth-order valence-corrected chi connectivity index (χ4v) is 4.83. The first-order chi connectivity index (χ1) is 12.0. The molecule has 0 aromatic carbocycles. The Bertz CT molecular complexity index is 784. The molecule has 3 rings (SSSR count). The van der Waals surface area contributed by atoms with Crippen molar-refractivity contribution in [1.29, 1.82) is 5.26 Å². The number of carbonyl (C=O) groups is 1. The standard InChI is InChI=1S/C16H20N4O4S/c17-10-13-9-14(12-18-11-13)25(22,23)20-4-2-1-3-15(20)16(21)19-5-7-24-8-6-19/h9,11-12,15H,1-8H2. The molecule has 3 heterocycles. The van der Waals surface area contributed by atoms with Crippen molar-refractivity contribution in [3.05, 3.63) is 24.0 Å². The molecule has 0 N–H and O–H groups in total. The van der Waals surface area contributed by atoms with Crippen molar-refractivity contribution in [2.75, 3.05) is 32.8 Å². The van der Waals surface area contributed by atoms with Gasteiger partial charge in [0.25, 0.3) is 0 Å². The van der Waals surface area contributed by atoms with Crippen molar-refractivity contribution in [3.8, 4) is 6.07 Å². The highest BCUT2D eigenvalue weighted by Gasteiger charge is 2.39. The third-order valence-corrected chi connectivity index (χ3v) is 6.38. The van der Waals surface area contributed by atoms with Gasteiger partial charge in [-0.3, -0.25) is 9.78 Å². The topological polar surface area (TPSA) is 104 Å². The summed E-state index contributed by atoms with van der Waals surface area (Å²) in [5.41, 5.74) is 0.175. The zero-order valence-electron chi connectivity index (χ0n) is 13.8. The molecule has 0 spiro atoms. The van der Waals surface area contributed by atoms with Crippen LogP contribution in [0.1, 0.15) is 24.8 Å². The smallest absolute Gasteiger partial charge is 0.245 e. The average molecular weight is 364 g/mol. The molecule has 0 aliphatic carbocycles. The Morgan fingerprint density at radius 1 is 1.24 bits per heavy atom. The Labute approximate surface area is 147 Å². The molecular weight excluding hydrogens is 344 g/mol. The number of piperidine rings is 1. The fraction of sp³-hybridized carbons (Fsp3) is 0.562. The van der Waals surface area contributed by atoms with Gasteiger partial charge in [0.05, 0.1) is 18.8 Å². The molecule has 1 unspecified atom stereocenters. The summed E-state index contributed by atoms with van der Waals surface area (Å²) in [6, 6.07) is 2.49. The van der Waals surface area contributed by atoms with Crippen LogP contribution in [0.25, 0.3) is 0 Å². The monoisotopic (exact) mass is 364 g/mol. The predicted octanol–water partition coefficient (Wildman–Crippen LogP) is 0.355. The quantitative estimate of drug-likeness (QED) is 0.767. The van der Waals surface area contributed by atoms with E-state index in [1.54, 1.807) is 4.90 Å². The van der Waals surface area contributed by atoms with Crippen LogP contribution in [0, 0.1) is 11.3 Å². The van der Waals surface area contributed by atoms with E-state index in [4.69, 9.17) is 10.00 Å². The number of amides is 1. The van der Waals surface area contributed by atoms with Crippen molar-refractivity contribution in [2.24, 2.45) is 0 Å². The van der Waals surface area contributed by atoms with Crippen LogP contribution in [0.5, 0.6) is 0 Å². The highest BCUT2D eigenvalue weighted by molar-refractivity contribution is 7.89. The molecule has 2 aliphatic rings. The first-order valence-electron chi connectivity index (χ1n) is 8.27. The minimum absolute atomic E-state index is 0.0479. The normalized spacial score (nSPS) is 22.4. The van der Waals surface area contributed by atoms with Crippen LogP contribution < -0.4 is 0 Å². The maximum atomic E-state index is 13.0. The van der Waals surface area contributed by atoms with Crippen LogP contribution in [0.4, 0.5) is 0 Å². The predicted molar refractivity (Wildman–Crippen MR) is 87.9 cm³/mol. The molecule has 0 bridgehead atoms. The number of morpholine rings is 1. The second kappa shape index (κ2) is 7.47. The summed E-state index contributed by atoms with van der Waals surface area (Å²) in [5.74, 6) is -0.170. The van der Waals surface area contributed by atoms with Crippen LogP contribution in [-0.2, 0) is 19.6 Å². The average Bonchev–Trinajstić information content (AvgIpc) is 2.68. The lowest BCUT2D eigenvalue weighted by Crippen LogP contribution is -2.55.